The molecule has 0 atom stereocenters. The first kappa shape index (κ1) is 13.0. The van der Waals surface area contributed by atoms with Crippen molar-refractivity contribution < 1.29 is 4.79 Å². The summed E-state index contributed by atoms with van der Waals surface area (Å²) in [5.41, 5.74) is 6.25. The smallest absolute Gasteiger partial charge is 0.224 e. The number of anilines is 1. The highest BCUT2D eigenvalue weighted by molar-refractivity contribution is 6.30. The maximum Gasteiger partial charge on any atom is 0.224 e. The number of hydrogen-bond acceptors (Lipinski definition) is 2. The van der Waals surface area contributed by atoms with Gasteiger partial charge >= 0.3 is 0 Å². The van der Waals surface area contributed by atoms with Crippen LogP contribution in [-0.2, 0) is 4.79 Å². The van der Waals surface area contributed by atoms with Crippen molar-refractivity contribution in [3.8, 4) is 0 Å². The molecule has 0 spiro atoms. The lowest BCUT2D eigenvalue weighted by atomic mass is 10.00. The minimum atomic E-state index is -0.308. The molecule has 0 heterocycles. The highest BCUT2D eigenvalue weighted by Gasteiger charge is 2.13. The van der Waals surface area contributed by atoms with Crippen LogP contribution in [0.2, 0.25) is 5.02 Å². The summed E-state index contributed by atoms with van der Waals surface area (Å²) in [7, 11) is 0. The number of halogens is 1. The molecule has 0 unspecified atom stereocenters. The van der Waals surface area contributed by atoms with Crippen molar-refractivity contribution in [2.75, 3.05) is 5.32 Å². The Morgan fingerprint density at radius 3 is 2.44 bits per heavy atom. The van der Waals surface area contributed by atoms with Gasteiger partial charge in [0.2, 0.25) is 5.91 Å². The zero-order valence-electron chi connectivity index (χ0n) is 9.59. The number of nitrogens with one attached hydrogen (secondary N) is 1. The Balaban J connectivity index is 2.43. The van der Waals surface area contributed by atoms with Gasteiger partial charge in [0.05, 0.1) is 0 Å². The third-order valence-corrected chi connectivity index (χ3v) is 2.38. The first-order chi connectivity index (χ1) is 7.37. The Morgan fingerprint density at radius 1 is 1.38 bits per heavy atom. The van der Waals surface area contributed by atoms with Crippen LogP contribution in [-0.4, -0.2) is 11.4 Å². The lowest BCUT2D eigenvalue weighted by Gasteiger charge is -2.17. The molecule has 3 N–H and O–H groups in total. The summed E-state index contributed by atoms with van der Waals surface area (Å²) in [5, 5.41) is 3.44. The summed E-state index contributed by atoms with van der Waals surface area (Å²) < 4.78 is 0. The molecule has 0 aliphatic rings. The molecule has 0 aromatic heterocycles. The summed E-state index contributed by atoms with van der Waals surface area (Å²) in [5.74, 6) is -0.0270. The van der Waals surface area contributed by atoms with Gasteiger partial charge in [0.1, 0.15) is 0 Å². The molecule has 1 rings (SSSR count). The molecule has 3 nitrogen and oxygen atoms in total. The molecule has 0 aliphatic carbocycles. The predicted molar refractivity (Wildman–Crippen MR) is 67.6 cm³/mol. The van der Waals surface area contributed by atoms with Crippen LogP contribution in [0.5, 0.6) is 0 Å². The molecule has 16 heavy (non-hydrogen) atoms. The van der Waals surface area contributed by atoms with Gasteiger partial charge in [-0.15, -0.1) is 0 Å². The van der Waals surface area contributed by atoms with E-state index in [9.17, 15) is 4.79 Å². The number of carbonyl (C=O) groups excluding carboxylic acids is 1. The van der Waals surface area contributed by atoms with Crippen LogP contribution in [0.3, 0.4) is 0 Å². The highest BCUT2D eigenvalue weighted by atomic mass is 35.5. The normalized spacial score (nSPS) is 11.2. The monoisotopic (exact) mass is 240 g/mol. The SMILES string of the molecule is CC(C)(N)CCC(=O)Nc1ccc(Cl)cc1. The molecule has 1 amide bonds. The summed E-state index contributed by atoms with van der Waals surface area (Å²) in [6.07, 6.45) is 1.08. The Bertz CT molecular complexity index is 354. The van der Waals surface area contributed by atoms with Gasteiger partial charge in [-0.05, 0) is 44.5 Å². The van der Waals surface area contributed by atoms with Gasteiger partial charge in [-0.1, -0.05) is 11.6 Å². The summed E-state index contributed by atoms with van der Waals surface area (Å²) in [6.45, 7) is 3.81. The summed E-state index contributed by atoms with van der Waals surface area (Å²) in [4.78, 5) is 11.5. The standard InChI is InChI=1S/C12H17ClN2O/c1-12(2,14)8-7-11(16)15-10-5-3-9(13)4-6-10/h3-6H,7-8,14H2,1-2H3,(H,15,16). The molecule has 0 saturated carbocycles. The molecular weight excluding hydrogens is 224 g/mol. The molecule has 0 saturated heterocycles. The zero-order valence-corrected chi connectivity index (χ0v) is 10.3. The van der Waals surface area contributed by atoms with Crippen LogP contribution in [0, 0.1) is 0 Å². The van der Waals surface area contributed by atoms with Crippen LogP contribution in [0.25, 0.3) is 0 Å². The number of amides is 1. The van der Waals surface area contributed by atoms with Crippen molar-refractivity contribution in [3.63, 3.8) is 0 Å². The van der Waals surface area contributed by atoms with E-state index in [1.165, 1.54) is 0 Å². The van der Waals surface area contributed by atoms with Crippen molar-refractivity contribution in [2.45, 2.75) is 32.2 Å². The summed E-state index contributed by atoms with van der Waals surface area (Å²) >= 11 is 5.74. The van der Waals surface area contributed by atoms with E-state index in [1.54, 1.807) is 24.3 Å². The number of carbonyl (C=O) groups is 1. The Kier molecular flexibility index (Phi) is 4.33. The zero-order chi connectivity index (χ0) is 12.2. The van der Waals surface area contributed by atoms with E-state index in [4.69, 9.17) is 17.3 Å². The number of nitrogens with two attached hydrogens (primary N) is 1. The van der Waals surface area contributed by atoms with Crippen molar-refractivity contribution >= 4 is 23.2 Å². The van der Waals surface area contributed by atoms with Crippen LogP contribution in [0.1, 0.15) is 26.7 Å². The molecule has 1 aromatic carbocycles. The maximum atomic E-state index is 11.5. The van der Waals surface area contributed by atoms with Crippen LogP contribution in [0.15, 0.2) is 24.3 Å². The third kappa shape index (κ3) is 5.14. The fraction of sp³-hybridized carbons (Fsp3) is 0.417. The van der Waals surface area contributed by atoms with Crippen LogP contribution in [0.4, 0.5) is 5.69 Å². The number of rotatable bonds is 4. The first-order valence-electron chi connectivity index (χ1n) is 5.21. The van der Waals surface area contributed by atoms with Crippen LogP contribution >= 0.6 is 11.6 Å². The Hall–Kier alpha value is -1.06. The predicted octanol–water partition coefficient (Wildman–Crippen LogP) is 2.80. The lowest BCUT2D eigenvalue weighted by molar-refractivity contribution is -0.116. The topological polar surface area (TPSA) is 55.1 Å². The molecule has 0 aliphatic heterocycles. The fourth-order valence-electron chi connectivity index (χ4n) is 1.19. The largest absolute Gasteiger partial charge is 0.326 e. The van der Waals surface area contributed by atoms with Gasteiger partial charge in [-0.2, -0.15) is 0 Å². The Labute approximate surface area is 101 Å². The quantitative estimate of drug-likeness (QED) is 0.850. The molecule has 4 heteroatoms. The van der Waals surface area contributed by atoms with Gasteiger partial charge in [-0.3, -0.25) is 4.79 Å². The van der Waals surface area contributed by atoms with Crippen molar-refractivity contribution in [1.29, 1.82) is 0 Å². The van der Waals surface area contributed by atoms with E-state index in [-0.39, 0.29) is 11.4 Å². The van der Waals surface area contributed by atoms with Gasteiger partial charge in [0, 0.05) is 22.7 Å². The second kappa shape index (κ2) is 5.32. The van der Waals surface area contributed by atoms with Gasteiger partial charge in [0.25, 0.3) is 0 Å². The molecule has 0 fully saturated rings. The van der Waals surface area contributed by atoms with Crippen molar-refractivity contribution in [3.05, 3.63) is 29.3 Å². The second-order valence-corrected chi connectivity index (χ2v) is 4.98. The third-order valence-electron chi connectivity index (χ3n) is 2.12. The second-order valence-electron chi connectivity index (χ2n) is 4.54. The summed E-state index contributed by atoms with van der Waals surface area (Å²) in [6, 6.07) is 7.02. The average Bonchev–Trinajstić information content (AvgIpc) is 2.18. The van der Waals surface area contributed by atoms with E-state index in [0.29, 0.717) is 17.9 Å². The van der Waals surface area contributed by atoms with E-state index in [1.807, 2.05) is 13.8 Å². The van der Waals surface area contributed by atoms with Gasteiger partial charge in [0.15, 0.2) is 0 Å². The van der Waals surface area contributed by atoms with Gasteiger partial charge < -0.3 is 11.1 Å². The number of hydrogen-bond donors (Lipinski definition) is 2. The van der Waals surface area contributed by atoms with E-state index in [2.05, 4.69) is 5.32 Å². The molecular formula is C12H17ClN2O. The molecule has 88 valence electrons. The van der Waals surface area contributed by atoms with E-state index >= 15 is 0 Å². The maximum absolute atomic E-state index is 11.5. The van der Waals surface area contributed by atoms with Crippen molar-refractivity contribution in [2.24, 2.45) is 5.73 Å². The van der Waals surface area contributed by atoms with Crippen molar-refractivity contribution in [1.82, 2.24) is 0 Å². The van der Waals surface area contributed by atoms with E-state index in [0.717, 1.165) is 5.69 Å². The highest BCUT2D eigenvalue weighted by Crippen LogP contribution is 2.14. The average molecular weight is 241 g/mol. The minimum Gasteiger partial charge on any atom is -0.326 e. The molecule has 0 bridgehead atoms. The number of benzene rings is 1. The minimum absolute atomic E-state index is 0.0270. The Morgan fingerprint density at radius 2 is 1.94 bits per heavy atom. The van der Waals surface area contributed by atoms with Gasteiger partial charge in [-0.25, -0.2) is 0 Å². The molecule has 0 radical (unpaired) electrons. The van der Waals surface area contributed by atoms with Crippen LogP contribution < -0.4 is 11.1 Å². The lowest BCUT2D eigenvalue weighted by Crippen LogP contribution is -2.33. The fourth-order valence-corrected chi connectivity index (χ4v) is 1.32. The first-order valence-corrected chi connectivity index (χ1v) is 5.59. The van der Waals surface area contributed by atoms with E-state index < -0.39 is 0 Å². The molecule has 1 aromatic rings.